The molecule has 0 unspecified atom stereocenters. The summed E-state index contributed by atoms with van der Waals surface area (Å²) >= 11 is 0. The second kappa shape index (κ2) is 9.29. The van der Waals surface area contributed by atoms with E-state index >= 15 is 0 Å². The number of amides is 1. The van der Waals surface area contributed by atoms with Gasteiger partial charge < -0.3 is 15.0 Å². The van der Waals surface area contributed by atoms with Crippen LogP contribution < -0.4 is 15.8 Å². The van der Waals surface area contributed by atoms with E-state index in [1.54, 1.807) is 4.90 Å². The van der Waals surface area contributed by atoms with E-state index in [0.29, 0.717) is 45.0 Å². The molecule has 10 heteroatoms. The monoisotopic (exact) mass is 424 g/mol. The summed E-state index contributed by atoms with van der Waals surface area (Å²) in [6.45, 7) is 4.15. The van der Waals surface area contributed by atoms with Gasteiger partial charge in [0.15, 0.2) is 0 Å². The van der Waals surface area contributed by atoms with Gasteiger partial charge in [-0.25, -0.2) is 4.68 Å². The summed E-state index contributed by atoms with van der Waals surface area (Å²) in [6.07, 6.45) is -3.13. The van der Waals surface area contributed by atoms with E-state index < -0.39 is 17.6 Å². The van der Waals surface area contributed by atoms with E-state index in [1.807, 2.05) is 6.92 Å². The topological polar surface area (TPSA) is 76.5 Å². The minimum atomic E-state index is -4.65. The van der Waals surface area contributed by atoms with Crippen LogP contribution in [-0.2, 0) is 17.5 Å². The third kappa shape index (κ3) is 5.18. The lowest BCUT2D eigenvalue weighted by Gasteiger charge is -2.29. The molecule has 1 fully saturated rings. The van der Waals surface area contributed by atoms with E-state index in [4.69, 9.17) is 4.74 Å². The number of unbranched alkanes of at least 4 members (excludes halogenated alkanes) is 1. The van der Waals surface area contributed by atoms with Crippen LogP contribution in [0.3, 0.4) is 0 Å². The van der Waals surface area contributed by atoms with Crippen LogP contribution in [0.1, 0.15) is 35.8 Å². The Labute approximate surface area is 171 Å². The molecule has 0 aliphatic carbocycles. The molecule has 0 atom stereocenters. The number of benzene rings is 1. The Morgan fingerprint density at radius 2 is 1.93 bits per heavy atom. The Morgan fingerprint density at radius 1 is 1.20 bits per heavy atom. The number of ether oxygens (including phenoxy) is 1. The molecule has 0 bridgehead atoms. The number of hydrogen-bond acceptors (Lipinski definition) is 5. The molecule has 2 aromatic rings. The number of morpholine rings is 1. The first-order chi connectivity index (χ1) is 14.3. The molecule has 1 aromatic heterocycles. The number of aryl methyl sites for hydroxylation is 1. The summed E-state index contributed by atoms with van der Waals surface area (Å²) in [7, 11) is 0. The van der Waals surface area contributed by atoms with Crippen molar-refractivity contribution in [1.29, 1.82) is 0 Å². The van der Waals surface area contributed by atoms with Crippen molar-refractivity contribution in [2.75, 3.05) is 36.5 Å². The maximum atomic E-state index is 13.6. The van der Waals surface area contributed by atoms with Crippen LogP contribution in [0.2, 0.25) is 0 Å². The average molecular weight is 424 g/mol. The van der Waals surface area contributed by atoms with E-state index in [1.165, 1.54) is 24.3 Å². The Balaban J connectivity index is 1.86. The van der Waals surface area contributed by atoms with Gasteiger partial charge >= 0.3 is 6.18 Å². The highest BCUT2D eigenvalue weighted by Gasteiger charge is 2.35. The second-order valence-corrected chi connectivity index (χ2v) is 6.91. The number of rotatable bonds is 6. The molecule has 0 saturated carbocycles. The molecule has 1 aromatic carbocycles. The fraction of sp³-hybridized carbons (Fsp3) is 0.450. The first-order valence-corrected chi connectivity index (χ1v) is 9.73. The molecule has 1 amide bonds. The first-order valence-electron chi connectivity index (χ1n) is 9.73. The predicted molar refractivity (Wildman–Crippen MR) is 106 cm³/mol. The van der Waals surface area contributed by atoms with Crippen molar-refractivity contribution in [1.82, 2.24) is 9.78 Å². The lowest BCUT2D eigenvalue weighted by Crippen LogP contribution is -2.36. The van der Waals surface area contributed by atoms with Crippen LogP contribution in [0.4, 0.5) is 24.5 Å². The third-order valence-corrected chi connectivity index (χ3v) is 4.76. The van der Waals surface area contributed by atoms with E-state index in [-0.39, 0.29) is 16.9 Å². The highest BCUT2D eigenvalue weighted by Crippen LogP contribution is 2.37. The highest BCUT2D eigenvalue weighted by atomic mass is 19.4. The molecule has 30 heavy (non-hydrogen) atoms. The first kappa shape index (κ1) is 21.8. The summed E-state index contributed by atoms with van der Waals surface area (Å²) < 4.78 is 47.3. The predicted octanol–water partition coefficient (Wildman–Crippen LogP) is 3.15. The van der Waals surface area contributed by atoms with Gasteiger partial charge in [-0.05, 0) is 30.7 Å². The smallest absolute Gasteiger partial charge is 0.378 e. The SMILES string of the molecule is CCCCn1nc(C(=O)Nc2ccc(N3CCOCC3)cc2C(F)(F)F)ccc1=O. The van der Waals surface area contributed by atoms with Crippen LogP contribution in [0.25, 0.3) is 0 Å². The van der Waals surface area contributed by atoms with Crippen molar-refractivity contribution in [2.24, 2.45) is 0 Å². The number of hydrogen-bond donors (Lipinski definition) is 1. The summed E-state index contributed by atoms with van der Waals surface area (Å²) in [5.41, 5.74) is -1.39. The molecule has 2 heterocycles. The summed E-state index contributed by atoms with van der Waals surface area (Å²) in [5, 5.41) is 6.26. The van der Waals surface area contributed by atoms with Gasteiger partial charge in [-0.15, -0.1) is 0 Å². The lowest BCUT2D eigenvalue weighted by molar-refractivity contribution is -0.136. The molecule has 1 aliphatic rings. The number of aromatic nitrogens is 2. The average Bonchev–Trinajstić information content (AvgIpc) is 2.73. The maximum Gasteiger partial charge on any atom is 0.418 e. The maximum absolute atomic E-state index is 13.6. The minimum absolute atomic E-state index is 0.129. The zero-order valence-electron chi connectivity index (χ0n) is 16.5. The number of anilines is 2. The number of halogens is 3. The number of carbonyl (C=O) groups excluding carboxylic acids is 1. The van der Waals surface area contributed by atoms with Crippen molar-refractivity contribution in [2.45, 2.75) is 32.5 Å². The van der Waals surface area contributed by atoms with Crippen molar-refractivity contribution < 1.29 is 22.7 Å². The Bertz CT molecular complexity index is 953. The fourth-order valence-electron chi connectivity index (χ4n) is 3.12. The molecule has 162 valence electrons. The highest BCUT2D eigenvalue weighted by molar-refractivity contribution is 6.03. The van der Waals surface area contributed by atoms with Gasteiger partial charge in [0.1, 0.15) is 5.69 Å². The zero-order valence-corrected chi connectivity index (χ0v) is 16.5. The molecule has 1 saturated heterocycles. The molecule has 0 radical (unpaired) electrons. The van der Waals surface area contributed by atoms with Crippen LogP contribution in [0, 0.1) is 0 Å². The van der Waals surface area contributed by atoms with Crippen LogP contribution in [-0.4, -0.2) is 42.0 Å². The molecule has 3 rings (SSSR count). The van der Waals surface area contributed by atoms with Crippen LogP contribution in [0.15, 0.2) is 35.1 Å². The van der Waals surface area contributed by atoms with Gasteiger partial charge in [0, 0.05) is 31.4 Å². The number of nitrogens with one attached hydrogen (secondary N) is 1. The standard InChI is InChI=1S/C20H23F3N4O3/c1-2-3-8-27-18(28)7-6-17(25-27)19(29)24-16-5-4-14(13-15(16)20(21,22)23)26-9-11-30-12-10-26/h4-7,13H,2-3,8-12H2,1H3,(H,24,29). The van der Waals surface area contributed by atoms with Gasteiger partial charge in [0.2, 0.25) is 0 Å². The van der Waals surface area contributed by atoms with Gasteiger partial charge in [-0.2, -0.15) is 18.3 Å². The Morgan fingerprint density at radius 3 is 2.60 bits per heavy atom. The number of alkyl halides is 3. The Kier molecular flexibility index (Phi) is 6.76. The molecule has 1 N–H and O–H groups in total. The van der Waals surface area contributed by atoms with Crippen molar-refractivity contribution in [3.63, 3.8) is 0 Å². The molecular formula is C20H23F3N4O3. The molecule has 0 spiro atoms. The summed E-state index contributed by atoms with van der Waals surface area (Å²) in [4.78, 5) is 26.2. The number of carbonyl (C=O) groups is 1. The van der Waals surface area contributed by atoms with Gasteiger partial charge in [-0.3, -0.25) is 9.59 Å². The van der Waals surface area contributed by atoms with Crippen LogP contribution in [0.5, 0.6) is 0 Å². The van der Waals surface area contributed by atoms with Gasteiger partial charge in [0.05, 0.1) is 24.5 Å². The molecule has 7 nitrogen and oxygen atoms in total. The fourth-order valence-corrected chi connectivity index (χ4v) is 3.12. The third-order valence-electron chi connectivity index (χ3n) is 4.76. The van der Waals surface area contributed by atoms with E-state index in [9.17, 15) is 22.8 Å². The van der Waals surface area contributed by atoms with Crippen molar-refractivity contribution in [3.05, 3.63) is 51.9 Å². The van der Waals surface area contributed by atoms with E-state index in [2.05, 4.69) is 10.4 Å². The second-order valence-electron chi connectivity index (χ2n) is 6.91. The quantitative estimate of drug-likeness (QED) is 0.771. The van der Waals surface area contributed by atoms with E-state index in [0.717, 1.165) is 17.2 Å². The largest absolute Gasteiger partial charge is 0.418 e. The number of nitrogens with zero attached hydrogens (tertiary/aromatic N) is 3. The minimum Gasteiger partial charge on any atom is -0.378 e. The van der Waals surface area contributed by atoms with Gasteiger partial charge in [0.25, 0.3) is 11.5 Å². The van der Waals surface area contributed by atoms with Crippen molar-refractivity contribution in [3.8, 4) is 0 Å². The van der Waals surface area contributed by atoms with Gasteiger partial charge in [-0.1, -0.05) is 13.3 Å². The lowest BCUT2D eigenvalue weighted by atomic mass is 10.1. The van der Waals surface area contributed by atoms with Crippen molar-refractivity contribution >= 4 is 17.3 Å². The summed E-state index contributed by atoms with van der Waals surface area (Å²) in [6, 6.07) is 6.18. The molecule has 1 aliphatic heterocycles. The zero-order chi connectivity index (χ0) is 21.7. The summed E-state index contributed by atoms with van der Waals surface area (Å²) in [5.74, 6) is -0.815. The van der Waals surface area contributed by atoms with Crippen LogP contribution >= 0.6 is 0 Å². The molecular weight excluding hydrogens is 401 g/mol. The Hall–Kier alpha value is -2.88. The normalized spacial score (nSPS) is 14.6.